The van der Waals surface area contributed by atoms with E-state index in [0.717, 1.165) is 53.6 Å². The first kappa shape index (κ1) is 18.9. The second-order valence-electron chi connectivity index (χ2n) is 7.45. The van der Waals surface area contributed by atoms with Crippen LogP contribution in [0.5, 0.6) is 0 Å². The number of fused-ring (bicyclic) bond motifs is 2. The van der Waals surface area contributed by atoms with Crippen LogP contribution in [0.3, 0.4) is 0 Å². The summed E-state index contributed by atoms with van der Waals surface area (Å²) >= 11 is 0. The number of hydrogen-bond acceptors (Lipinski definition) is 6. The Kier molecular flexibility index (Phi) is 4.99. The Morgan fingerprint density at radius 1 is 1.20 bits per heavy atom. The zero-order chi connectivity index (χ0) is 20.5. The van der Waals surface area contributed by atoms with E-state index < -0.39 is 13.0 Å². The molecule has 1 fully saturated rings. The lowest BCUT2D eigenvalue weighted by Crippen LogP contribution is -2.31. The minimum absolute atomic E-state index is 0.0907. The quantitative estimate of drug-likeness (QED) is 0.501. The largest absolute Gasteiger partial charge is 0.372 e. The number of aromatic nitrogens is 6. The van der Waals surface area contributed by atoms with Gasteiger partial charge in [-0.3, -0.25) is 0 Å². The van der Waals surface area contributed by atoms with Gasteiger partial charge in [0, 0.05) is 41.6 Å². The van der Waals surface area contributed by atoms with E-state index in [1.807, 2.05) is 24.5 Å². The summed E-state index contributed by atoms with van der Waals surface area (Å²) < 4.78 is 31.5. The molecule has 0 bridgehead atoms. The monoisotopic (exact) mass is 413 g/mol. The number of aromatic amines is 1. The third-order valence-electron chi connectivity index (χ3n) is 5.43. The smallest absolute Gasteiger partial charge is 0.261 e. The minimum Gasteiger partial charge on any atom is -0.372 e. The van der Waals surface area contributed by atoms with Crippen LogP contribution in [0.25, 0.3) is 27.9 Å². The molecule has 2 N–H and O–H groups in total. The van der Waals surface area contributed by atoms with Crippen molar-refractivity contribution in [1.29, 1.82) is 0 Å². The highest BCUT2D eigenvalue weighted by Crippen LogP contribution is 2.28. The van der Waals surface area contributed by atoms with Crippen LogP contribution in [0.1, 0.15) is 25.7 Å². The van der Waals surface area contributed by atoms with Crippen LogP contribution in [0.4, 0.5) is 14.7 Å². The molecule has 1 aliphatic rings. The number of nitrogens with one attached hydrogen (secondary N) is 2. The van der Waals surface area contributed by atoms with Crippen molar-refractivity contribution in [2.75, 3.05) is 11.9 Å². The lowest BCUT2D eigenvalue weighted by Gasteiger charge is -2.29. The van der Waals surface area contributed by atoms with Gasteiger partial charge < -0.3 is 15.0 Å². The fraction of sp³-hybridized carbons (Fsp3) is 0.400. The summed E-state index contributed by atoms with van der Waals surface area (Å²) in [5, 5.41) is 8.41. The van der Waals surface area contributed by atoms with Gasteiger partial charge in [-0.05, 0) is 31.7 Å². The van der Waals surface area contributed by atoms with Gasteiger partial charge in [-0.25, -0.2) is 23.3 Å². The standard InChI is InChI=1S/C20H21F2N7O/c21-17(22)11-30-13-3-1-12(2-4-13)26-20-24-10-15-14(9-23-19(15)28-20)16-6-8-29-18(27-16)5-7-25-29/h5-10,12-13,17H,1-4,11H2,(H2,23,24,26,28). The molecule has 0 unspecified atom stereocenters. The van der Waals surface area contributed by atoms with Crippen molar-refractivity contribution < 1.29 is 13.5 Å². The Bertz CT molecular complexity index is 1150. The van der Waals surface area contributed by atoms with E-state index in [9.17, 15) is 8.78 Å². The Labute approximate surface area is 170 Å². The molecule has 0 aromatic carbocycles. The number of H-pyrrole nitrogens is 1. The normalized spacial score (nSPS) is 19.7. The molecule has 1 aliphatic carbocycles. The van der Waals surface area contributed by atoms with Gasteiger partial charge >= 0.3 is 0 Å². The van der Waals surface area contributed by atoms with Crippen LogP contribution >= 0.6 is 0 Å². The van der Waals surface area contributed by atoms with E-state index in [2.05, 4.69) is 30.4 Å². The minimum atomic E-state index is -2.41. The van der Waals surface area contributed by atoms with Gasteiger partial charge in [-0.1, -0.05) is 0 Å². The summed E-state index contributed by atoms with van der Waals surface area (Å²) in [5.41, 5.74) is 3.25. The summed E-state index contributed by atoms with van der Waals surface area (Å²) in [7, 11) is 0. The summed E-state index contributed by atoms with van der Waals surface area (Å²) in [6.45, 7) is -0.486. The predicted octanol–water partition coefficient (Wildman–Crippen LogP) is 3.67. The van der Waals surface area contributed by atoms with Gasteiger partial charge in [0.1, 0.15) is 12.3 Å². The third-order valence-corrected chi connectivity index (χ3v) is 5.43. The molecular formula is C20H21F2N7O. The van der Waals surface area contributed by atoms with Crippen molar-refractivity contribution in [3.05, 3.63) is 36.9 Å². The molecule has 0 atom stereocenters. The van der Waals surface area contributed by atoms with Crippen molar-refractivity contribution in [3.8, 4) is 11.3 Å². The third kappa shape index (κ3) is 3.82. The Morgan fingerprint density at radius 3 is 2.90 bits per heavy atom. The van der Waals surface area contributed by atoms with Crippen molar-refractivity contribution in [2.45, 2.75) is 44.3 Å². The molecule has 0 amide bonds. The van der Waals surface area contributed by atoms with Gasteiger partial charge in [-0.2, -0.15) is 10.1 Å². The average Bonchev–Trinajstić information content (AvgIpc) is 3.39. The molecule has 30 heavy (non-hydrogen) atoms. The van der Waals surface area contributed by atoms with Crippen molar-refractivity contribution >= 4 is 22.6 Å². The van der Waals surface area contributed by atoms with Crippen LogP contribution in [-0.2, 0) is 4.74 Å². The maximum atomic E-state index is 12.3. The van der Waals surface area contributed by atoms with Crippen LogP contribution < -0.4 is 5.32 Å². The average molecular weight is 413 g/mol. The molecule has 1 saturated carbocycles. The lowest BCUT2D eigenvalue weighted by molar-refractivity contribution is -0.0374. The number of ether oxygens (including phenoxy) is 1. The van der Waals surface area contributed by atoms with Gasteiger partial charge in [0.25, 0.3) is 6.43 Å². The number of alkyl halides is 2. The van der Waals surface area contributed by atoms with Gasteiger partial charge in [0.05, 0.1) is 18.0 Å². The Balaban J connectivity index is 1.27. The van der Waals surface area contributed by atoms with Crippen LogP contribution in [0, 0.1) is 0 Å². The Morgan fingerprint density at radius 2 is 2.07 bits per heavy atom. The topological polar surface area (TPSA) is 93.0 Å². The lowest BCUT2D eigenvalue weighted by atomic mass is 9.93. The molecular weight excluding hydrogens is 392 g/mol. The molecule has 10 heteroatoms. The molecule has 4 aromatic heterocycles. The SMILES string of the molecule is FC(F)COC1CCC(Nc2ncc3c(-c4ccn5nccc5n4)c[nH]c3n2)CC1. The van der Waals surface area contributed by atoms with E-state index in [1.54, 1.807) is 16.9 Å². The van der Waals surface area contributed by atoms with E-state index in [0.29, 0.717) is 5.95 Å². The molecule has 0 radical (unpaired) electrons. The van der Waals surface area contributed by atoms with Gasteiger partial charge in [-0.15, -0.1) is 0 Å². The number of anilines is 1. The number of halogens is 2. The van der Waals surface area contributed by atoms with Crippen LogP contribution in [-0.4, -0.2) is 54.7 Å². The molecule has 156 valence electrons. The molecule has 4 aromatic rings. The molecule has 5 rings (SSSR count). The molecule has 0 saturated heterocycles. The summed E-state index contributed by atoms with van der Waals surface area (Å²) in [4.78, 5) is 16.9. The number of rotatable bonds is 6. The highest BCUT2D eigenvalue weighted by molar-refractivity contribution is 5.92. The summed E-state index contributed by atoms with van der Waals surface area (Å²) in [6, 6.07) is 3.96. The number of nitrogens with zero attached hydrogens (tertiary/aromatic N) is 5. The molecule has 0 aliphatic heterocycles. The molecule has 0 spiro atoms. The van der Waals surface area contributed by atoms with Gasteiger partial charge in [0.2, 0.25) is 5.95 Å². The van der Waals surface area contributed by atoms with Crippen LogP contribution in [0.15, 0.2) is 36.9 Å². The highest BCUT2D eigenvalue weighted by atomic mass is 19.3. The fourth-order valence-corrected chi connectivity index (χ4v) is 3.92. The van der Waals surface area contributed by atoms with Crippen molar-refractivity contribution in [3.63, 3.8) is 0 Å². The van der Waals surface area contributed by atoms with E-state index >= 15 is 0 Å². The molecule has 8 nitrogen and oxygen atoms in total. The summed E-state index contributed by atoms with van der Waals surface area (Å²) in [5.74, 6) is 0.548. The maximum absolute atomic E-state index is 12.3. The second kappa shape index (κ2) is 7.94. The van der Waals surface area contributed by atoms with E-state index in [4.69, 9.17) is 4.74 Å². The number of hydrogen-bond donors (Lipinski definition) is 2. The molecule has 4 heterocycles. The first-order valence-electron chi connectivity index (χ1n) is 9.97. The van der Waals surface area contributed by atoms with E-state index in [1.165, 1.54) is 0 Å². The van der Waals surface area contributed by atoms with E-state index in [-0.39, 0.29) is 12.1 Å². The van der Waals surface area contributed by atoms with Gasteiger partial charge in [0.15, 0.2) is 5.65 Å². The first-order valence-corrected chi connectivity index (χ1v) is 9.97. The zero-order valence-corrected chi connectivity index (χ0v) is 16.1. The Hall–Kier alpha value is -3.14. The summed E-state index contributed by atoms with van der Waals surface area (Å²) in [6.07, 6.45) is 7.91. The van der Waals surface area contributed by atoms with Crippen molar-refractivity contribution in [2.24, 2.45) is 0 Å². The maximum Gasteiger partial charge on any atom is 0.261 e. The highest BCUT2D eigenvalue weighted by Gasteiger charge is 2.23. The zero-order valence-electron chi connectivity index (χ0n) is 16.1. The van der Waals surface area contributed by atoms with Crippen LogP contribution in [0.2, 0.25) is 0 Å². The fourth-order valence-electron chi connectivity index (χ4n) is 3.92. The van der Waals surface area contributed by atoms with Crippen molar-refractivity contribution in [1.82, 2.24) is 29.5 Å². The second-order valence-corrected chi connectivity index (χ2v) is 7.45. The predicted molar refractivity (Wildman–Crippen MR) is 107 cm³/mol. The first-order chi connectivity index (χ1) is 14.7.